The number of rotatable bonds is 0. The van der Waals surface area contributed by atoms with E-state index >= 15 is 0 Å². The highest BCUT2D eigenvalue weighted by Crippen LogP contribution is 2.25. The molecule has 0 fully saturated rings. The maximum Gasteiger partial charge on any atom is 0.259 e. The van der Waals surface area contributed by atoms with Crippen molar-refractivity contribution in [1.82, 2.24) is 0 Å². The summed E-state index contributed by atoms with van der Waals surface area (Å²) in [6.45, 7) is 0. The molecule has 11 heavy (non-hydrogen) atoms. The van der Waals surface area contributed by atoms with Gasteiger partial charge in [0.05, 0.1) is 0 Å². The Balaban J connectivity index is 2.54. The molecule has 0 amide bonds. The summed E-state index contributed by atoms with van der Waals surface area (Å²) in [6, 6.07) is 7.56. The van der Waals surface area contributed by atoms with E-state index in [2.05, 4.69) is 0 Å². The van der Waals surface area contributed by atoms with Crippen LogP contribution < -0.4 is 4.18 Å². The lowest BCUT2D eigenvalue weighted by Crippen LogP contribution is -1.99. The maximum absolute atomic E-state index is 10.9. The normalized spacial score (nSPS) is 22.0. The van der Waals surface area contributed by atoms with Crippen LogP contribution in [0.2, 0.25) is 0 Å². The van der Waals surface area contributed by atoms with Crippen molar-refractivity contribution >= 4 is 23.9 Å². The highest BCUT2D eigenvalue weighted by Gasteiger charge is 2.08. The molecular formula is C7H5O2PS. The van der Waals surface area contributed by atoms with Crippen molar-refractivity contribution in [2.75, 3.05) is 0 Å². The largest absolute Gasteiger partial charge is 0.394 e. The molecule has 1 aliphatic heterocycles. The number of benzene rings is 1. The maximum atomic E-state index is 10.9. The fourth-order valence-corrected chi connectivity index (χ4v) is 2.59. The molecule has 0 radical (unpaired) electrons. The molecule has 0 N–H and O–H groups in total. The standard InChI is InChI=1S/C7H5O2PS/c8-11-9-7-4-2-1-3-6(7)5-10-11/h1-5H. The van der Waals surface area contributed by atoms with Crippen LogP contribution in [0, 0.1) is 0 Å². The third-order valence-electron chi connectivity index (χ3n) is 1.36. The van der Waals surface area contributed by atoms with Crippen LogP contribution in [0.1, 0.15) is 5.56 Å². The molecule has 0 bridgehead atoms. The lowest BCUT2D eigenvalue weighted by atomic mass is 10.2. The molecule has 1 atom stereocenters. The van der Waals surface area contributed by atoms with Crippen LogP contribution in [0.15, 0.2) is 24.3 Å². The Hall–Kier alpha value is -0.660. The van der Waals surface area contributed by atoms with Gasteiger partial charge in [-0.3, -0.25) is 0 Å². The quantitative estimate of drug-likeness (QED) is 0.574. The molecule has 4 heteroatoms. The summed E-state index contributed by atoms with van der Waals surface area (Å²) in [5.74, 6) is 2.61. The van der Waals surface area contributed by atoms with Gasteiger partial charge in [-0.15, -0.1) is 0 Å². The fraction of sp³-hybridized carbons (Fsp3) is 0. The molecule has 0 saturated heterocycles. The minimum absolute atomic E-state index is 0.713. The summed E-state index contributed by atoms with van der Waals surface area (Å²) in [6.07, 6.45) is 0. The van der Waals surface area contributed by atoms with E-state index < -0.39 is 10.7 Å². The van der Waals surface area contributed by atoms with Crippen LogP contribution in [0.25, 0.3) is 0 Å². The first-order valence-electron chi connectivity index (χ1n) is 3.09. The molecule has 0 spiro atoms. The van der Waals surface area contributed by atoms with Gasteiger partial charge in [0.25, 0.3) is 10.7 Å². The van der Waals surface area contributed by atoms with Crippen molar-refractivity contribution in [3.05, 3.63) is 29.8 Å². The highest BCUT2D eigenvalue weighted by atomic mass is 32.7. The predicted molar refractivity (Wildman–Crippen MR) is 47.3 cm³/mol. The highest BCUT2D eigenvalue weighted by molar-refractivity contribution is 8.36. The van der Waals surface area contributed by atoms with Gasteiger partial charge in [-0.05, 0) is 11.9 Å². The van der Waals surface area contributed by atoms with Gasteiger partial charge in [0.1, 0.15) is 5.75 Å². The number of hydrogen-bond donors (Lipinski definition) is 0. The molecule has 0 saturated carbocycles. The predicted octanol–water partition coefficient (Wildman–Crippen LogP) is 1.75. The summed E-state index contributed by atoms with van der Waals surface area (Å²) in [5, 5.41) is 0. The van der Waals surface area contributed by atoms with Crippen LogP contribution in [0.4, 0.5) is 0 Å². The van der Waals surface area contributed by atoms with Crippen LogP contribution in [-0.4, -0.2) is 10.0 Å². The molecule has 1 unspecified atom stereocenters. The van der Waals surface area contributed by atoms with Gasteiger partial charge in [0, 0.05) is 13.0 Å². The average molecular weight is 184 g/mol. The van der Waals surface area contributed by atoms with Gasteiger partial charge >= 0.3 is 0 Å². The van der Waals surface area contributed by atoms with Gasteiger partial charge in [0.15, 0.2) is 0 Å². The van der Waals surface area contributed by atoms with E-state index in [0.29, 0.717) is 5.75 Å². The van der Waals surface area contributed by atoms with E-state index in [-0.39, 0.29) is 0 Å². The smallest absolute Gasteiger partial charge is 0.259 e. The average Bonchev–Trinajstić information content (AvgIpc) is 2.04. The van der Waals surface area contributed by atoms with E-state index in [4.69, 9.17) is 4.18 Å². The minimum Gasteiger partial charge on any atom is -0.394 e. The zero-order valence-electron chi connectivity index (χ0n) is 5.56. The summed E-state index contributed by atoms with van der Waals surface area (Å²) >= 11 is 0. The van der Waals surface area contributed by atoms with E-state index in [1.54, 1.807) is 0 Å². The van der Waals surface area contributed by atoms with Gasteiger partial charge in [-0.25, -0.2) is 4.21 Å². The molecule has 1 aromatic rings. The molecule has 1 aliphatic rings. The summed E-state index contributed by atoms with van der Waals surface area (Å²) < 4.78 is 15.9. The summed E-state index contributed by atoms with van der Waals surface area (Å²) in [4.78, 5) is 0. The van der Waals surface area contributed by atoms with Crippen molar-refractivity contribution in [3.8, 4) is 5.75 Å². The van der Waals surface area contributed by atoms with E-state index in [1.807, 2.05) is 30.1 Å². The third kappa shape index (κ3) is 1.35. The van der Waals surface area contributed by atoms with E-state index in [1.165, 1.54) is 0 Å². The van der Waals surface area contributed by atoms with Crippen LogP contribution in [0.5, 0.6) is 5.75 Å². The number of para-hydroxylation sites is 1. The topological polar surface area (TPSA) is 26.3 Å². The van der Waals surface area contributed by atoms with Crippen molar-refractivity contribution in [2.45, 2.75) is 0 Å². The molecule has 2 nitrogen and oxygen atoms in total. The Morgan fingerprint density at radius 1 is 1.36 bits per heavy atom. The first kappa shape index (κ1) is 7.01. The molecular weight excluding hydrogens is 179 g/mol. The first-order chi connectivity index (χ1) is 5.36. The monoisotopic (exact) mass is 184 g/mol. The van der Waals surface area contributed by atoms with Gasteiger partial charge in [-0.1, -0.05) is 18.2 Å². The first-order valence-corrected chi connectivity index (χ1v) is 5.74. The third-order valence-corrected chi connectivity index (χ3v) is 3.29. The van der Waals surface area contributed by atoms with Crippen LogP contribution >= 0.6 is 7.41 Å². The molecule has 56 valence electrons. The van der Waals surface area contributed by atoms with Crippen LogP contribution in [-0.2, 0) is 10.7 Å². The van der Waals surface area contributed by atoms with Crippen LogP contribution in [0.3, 0.4) is 0 Å². The zero-order chi connectivity index (χ0) is 7.68. The minimum atomic E-state index is -1.18. The summed E-state index contributed by atoms with van der Waals surface area (Å²) in [5.41, 5.74) is 1.02. The Kier molecular flexibility index (Phi) is 1.76. The molecule has 0 aromatic heterocycles. The lowest BCUT2D eigenvalue weighted by Gasteiger charge is -2.08. The van der Waals surface area contributed by atoms with E-state index in [0.717, 1.165) is 13.0 Å². The Morgan fingerprint density at radius 2 is 2.18 bits per heavy atom. The molecule has 0 aliphatic carbocycles. The Bertz CT molecular complexity index is 335. The second kappa shape index (κ2) is 2.76. The van der Waals surface area contributed by atoms with Crippen molar-refractivity contribution in [3.63, 3.8) is 0 Å². The molecule has 1 aromatic carbocycles. The zero-order valence-corrected chi connectivity index (χ0v) is 7.27. The number of hydrogen-bond acceptors (Lipinski definition) is 2. The van der Waals surface area contributed by atoms with Crippen molar-refractivity contribution < 1.29 is 8.39 Å². The van der Waals surface area contributed by atoms with Gasteiger partial charge in [0.2, 0.25) is 0 Å². The van der Waals surface area contributed by atoms with Gasteiger partial charge in [-0.2, -0.15) is 0 Å². The summed E-state index contributed by atoms with van der Waals surface area (Å²) in [7, 11) is -0.458. The Labute approximate surface area is 68.4 Å². The SMILES string of the molecule is O=S1Oc2ccccc2C=P1. The Morgan fingerprint density at radius 3 is 3.09 bits per heavy atom. The second-order valence-corrected chi connectivity index (χ2v) is 4.67. The van der Waals surface area contributed by atoms with Crippen molar-refractivity contribution in [2.24, 2.45) is 0 Å². The second-order valence-electron chi connectivity index (χ2n) is 2.07. The lowest BCUT2D eigenvalue weighted by molar-refractivity contribution is 0.576. The fourth-order valence-electron chi connectivity index (χ4n) is 0.861. The van der Waals surface area contributed by atoms with Gasteiger partial charge < -0.3 is 4.18 Å². The molecule has 1 heterocycles. The van der Waals surface area contributed by atoms with E-state index in [9.17, 15) is 4.21 Å². The van der Waals surface area contributed by atoms with Crippen molar-refractivity contribution in [1.29, 1.82) is 0 Å². The number of fused-ring (bicyclic) bond motifs is 1. The molecule has 2 rings (SSSR count).